The standard InChI is InChI=1S/C21H27Cl2NO4/c1-2-26-19(25)9-11-21(15-24,16-7-8-17(22)18(23)14-16)10-5-13-28-20-6-3-4-12-27-20/h7-8,14,20H,2-6,9-13H2,1H3. The molecular weight excluding hydrogens is 401 g/mol. The van der Waals surface area contributed by atoms with Crippen LogP contribution in [0.25, 0.3) is 0 Å². The molecule has 0 radical (unpaired) electrons. The lowest BCUT2D eigenvalue weighted by atomic mass is 9.74. The summed E-state index contributed by atoms with van der Waals surface area (Å²) < 4.78 is 16.4. The first-order valence-electron chi connectivity index (χ1n) is 9.76. The molecule has 1 aliphatic rings. The van der Waals surface area contributed by atoms with Gasteiger partial charge in [-0.1, -0.05) is 29.3 Å². The normalized spacial score (nSPS) is 18.9. The predicted molar refractivity (Wildman–Crippen MR) is 108 cm³/mol. The van der Waals surface area contributed by atoms with E-state index >= 15 is 0 Å². The van der Waals surface area contributed by atoms with Gasteiger partial charge in [0.1, 0.15) is 0 Å². The van der Waals surface area contributed by atoms with E-state index in [9.17, 15) is 10.1 Å². The first kappa shape index (κ1) is 23.0. The van der Waals surface area contributed by atoms with Crippen LogP contribution in [0.5, 0.6) is 0 Å². The van der Waals surface area contributed by atoms with Crippen LogP contribution in [-0.2, 0) is 24.4 Å². The van der Waals surface area contributed by atoms with Gasteiger partial charge in [0.15, 0.2) is 6.29 Å². The van der Waals surface area contributed by atoms with Gasteiger partial charge in [-0.2, -0.15) is 5.26 Å². The largest absolute Gasteiger partial charge is 0.466 e. The van der Waals surface area contributed by atoms with E-state index < -0.39 is 5.41 Å². The molecule has 1 heterocycles. The van der Waals surface area contributed by atoms with Gasteiger partial charge in [0.25, 0.3) is 0 Å². The first-order chi connectivity index (χ1) is 13.5. The van der Waals surface area contributed by atoms with Crippen LogP contribution in [0.4, 0.5) is 0 Å². The van der Waals surface area contributed by atoms with Crippen LogP contribution >= 0.6 is 23.2 Å². The van der Waals surface area contributed by atoms with Gasteiger partial charge in [-0.15, -0.1) is 0 Å². The zero-order valence-corrected chi connectivity index (χ0v) is 17.7. The maximum atomic E-state index is 11.9. The monoisotopic (exact) mass is 427 g/mol. The van der Waals surface area contributed by atoms with Crippen LogP contribution in [0.1, 0.15) is 57.4 Å². The summed E-state index contributed by atoms with van der Waals surface area (Å²) in [7, 11) is 0. The van der Waals surface area contributed by atoms with E-state index in [0.717, 1.165) is 31.4 Å². The Morgan fingerprint density at radius 3 is 2.79 bits per heavy atom. The third-order valence-corrected chi connectivity index (χ3v) is 5.68. The topological polar surface area (TPSA) is 68.6 Å². The number of esters is 1. The first-order valence-corrected chi connectivity index (χ1v) is 10.5. The highest BCUT2D eigenvalue weighted by Crippen LogP contribution is 2.37. The Balaban J connectivity index is 2.06. The number of hydrogen-bond acceptors (Lipinski definition) is 5. The molecule has 2 unspecified atom stereocenters. The van der Waals surface area contributed by atoms with Crippen molar-refractivity contribution in [1.29, 1.82) is 5.26 Å². The Kier molecular flexibility index (Phi) is 9.53. The van der Waals surface area contributed by atoms with E-state index in [0.29, 0.717) is 42.5 Å². The molecule has 28 heavy (non-hydrogen) atoms. The highest BCUT2D eigenvalue weighted by Gasteiger charge is 2.33. The lowest BCUT2D eigenvalue weighted by molar-refractivity contribution is -0.163. The number of carbonyl (C=O) groups is 1. The molecule has 7 heteroatoms. The van der Waals surface area contributed by atoms with Gasteiger partial charge in [0.05, 0.1) is 28.1 Å². The van der Waals surface area contributed by atoms with Gasteiger partial charge in [-0.25, -0.2) is 0 Å². The average molecular weight is 428 g/mol. The maximum Gasteiger partial charge on any atom is 0.305 e. The quantitative estimate of drug-likeness (QED) is 0.368. The van der Waals surface area contributed by atoms with Crippen LogP contribution in [-0.4, -0.2) is 32.1 Å². The van der Waals surface area contributed by atoms with Crippen molar-refractivity contribution < 1.29 is 19.0 Å². The molecule has 0 amide bonds. The Morgan fingerprint density at radius 1 is 1.32 bits per heavy atom. The fraction of sp³-hybridized carbons (Fsp3) is 0.619. The van der Waals surface area contributed by atoms with Crippen LogP contribution < -0.4 is 0 Å². The van der Waals surface area contributed by atoms with Crippen molar-refractivity contribution in [2.75, 3.05) is 19.8 Å². The molecular formula is C21H27Cl2NO4. The minimum absolute atomic E-state index is 0.158. The molecule has 2 rings (SSSR count). The molecule has 0 aromatic heterocycles. The lowest BCUT2D eigenvalue weighted by Gasteiger charge is -2.28. The fourth-order valence-electron chi connectivity index (χ4n) is 3.36. The van der Waals surface area contributed by atoms with Gasteiger partial charge in [0, 0.05) is 19.6 Å². The van der Waals surface area contributed by atoms with Gasteiger partial charge in [-0.05, 0) is 63.1 Å². The Labute approximate surface area is 176 Å². The molecule has 5 nitrogen and oxygen atoms in total. The van der Waals surface area contributed by atoms with E-state index in [2.05, 4.69) is 6.07 Å². The van der Waals surface area contributed by atoms with Crippen molar-refractivity contribution in [2.24, 2.45) is 0 Å². The summed E-state index contributed by atoms with van der Waals surface area (Å²) in [6, 6.07) is 7.61. The Bertz CT molecular complexity index is 685. The molecule has 1 aromatic carbocycles. The van der Waals surface area contributed by atoms with E-state index in [1.54, 1.807) is 25.1 Å². The number of carbonyl (C=O) groups excluding carboxylic acids is 1. The summed E-state index contributed by atoms with van der Waals surface area (Å²) >= 11 is 12.2. The summed E-state index contributed by atoms with van der Waals surface area (Å²) in [6.45, 7) is 3.31. The van der Waals surface area contributed by atoms with Crippen molar-refractivity contribution in [3.05, 3.63) is 33.8 Å². The number of benzene rings is 1. The zero-order valence-electron chi connectivity index (χ0n) is 16.2. The van der Waals surface area contributed by atoms with Crippen molar-refractivity contribution in [2.45, 2.75) is 63.6 Å². The summed E-state index contributed by atoms with van der Waals surface area (Å²) in [5.41, 5.74) is -0.111. The second kappa shape index (κ2) is 11.6. The third-order valence-electron chi connectivity index (χ3n) is 4.94. The highest BCUT2D eigenvalue weighted by molar-refractivity contribution is 6.42. The minimum Gasteiger partial charge on any atom is -0.466 e. The van der Waals surface area contributed by atoms with Crippen molar-refractivity contribution >= 4 is 29.2 Å². The maximum absolute atomic E-state index is 11.9. The second-order valence-corrected chi connectivity index (χ2v) is 7.71. The Hall–Kier alpha value is -1.32. The molecule has 0 aliphatic carbocycles. The molecule has 0 saturated carbocycles. The van der Waals surface area contributed by atoms with Crippen LogP contribution in [0.15, 0.2) is 18.2 Å². The van der Waals surface area contributed by atoms with Gasteiger partial charge >= 0.3 is 5.97 Å². The summed E-state index contributed by atoms with van der Waals surface area (Å²) in [4.78, 5) is 11.9. The van der Waals surface area contributed by atoms with Gasteiger partial charge in [-0.3, -0.25) is 4.79 Å². The van der Waals surface area contributed by atoms with E-state index in [-0.39, 0.29) is 18.7 Å². The summed E-state index contributed by atoms with van der Waals surface area (Å²) in [6.07, 6.45) is 4.63. The zero-order chi connectivity index (χ0) is 20.4. The number of ether oxygens (including phenoxy) is 3. The molecule has 2 atom stereocenters. The van der Waals surface area contributed by atoms with Crippen LogP contribution in [0.3, 0.4) is 0 Å². The van der Waals surface area contributed by atoms with E-state index in [1.807, 2.05) is 0 Å². The number of rotatable bonds is 10. The molecule has 1 saturated heterocycles. The second-order valence-electron chi connectivity index (χ2n) is 6.90. The Morgan fingerprint density at radius 2 is 2.14 bits per heavy atom. The molecule has 0 N–H and O–H groups in total. The summed E-state index contributed by atoms with van der Waals surface area (Å²) in [5, 5.41) is 10.9. The number of hydrogen-bond donors (Lipinski definition) is 0. The van der Waals surface area contributed by atoms with Crippen LogP contribution in [0, 0.1) is 11.3 Å². The molecule has 1 fully saturated rings. The number of nitriles is 1. The molecule has 0 spiro atoms. The lowest BCUT2D eigenvalue weighted by Crippen LogP contribution is -2.27. The number of nitrogens with zero attached hydrogens (tertiary/aromatic N) is 1. The SMILES string of the molecule is CCOC(=O)CCC(C#N)(CCCOC1CCCCO1)c1ccc(Cl)c(Cl)c1. The van der Waals surface area contributed by atoms with Crippen molar-refractivity contribution in [3.8, 4) is 6.07 Å². The highest BCUT2D eigenvalue weighted by atomic mass is 35.5. The molecule has 1 aliphatic heterocycles. The van der Waals surface area contributed by atoms with Crippen molar-refractivity contribution in [3.63, 3.8) is 0 Å². The van der Waals surface area contributed by atoms with E-state index in [1.165, 1.54) is 0 Å². The number of halogens is 2. The van der Waals surface area contributed by atoms with Gasteiger partial charge < -0.3 is 14.2 Å². The minimum atomic E-state index is -0.863. The molecule has 154 valence electrons. The smallest absolute Gasteiger partial charge is 0.305 e. The van der Waals surface area contributed by atoms with Gasteiger partial charge in [0.2, 0.25) is 0 Å². The third kappa shape index (κ3) is 6.63. The average Bonchev–Trinajstić information content (AvgIpc) is 2.71. The van der Waals surface area contributed by atoms with Crippen LogP contribution in [0.2, 0.25) is 10.0 Å². The van der Waals surface area contributed by atoms with E-state index in [4.69, 9.17) is 37.4 Å². The fourth-order valence-corrected chi connectivity index (χ4v) is 3.66. The summed E-state index contributed by atoms with van der Waals surface area (Å²) in [5.74, 6) is -0.311. The predicted octanol–water partition coefficient (Wildman–Crippen LogP) is 5.42. The molecule has 0 bridgehead atoms. The van der Waals surface area contributed by atoms with Crippen molar-refractivity contribution in [1.82, 2.24) is 0 Å². The molecule has 1 aromatic rings.